The van der Waals surface area contributed by atoms with Crippen LogP contribution in [0.4, 0.5) is 0 Å². The maximum absolute atomic E-state index is 11.1. The summed E-state index contributed by atoms with van der Waals surface area (Å²) in [5.74, 6) is -0.125. The summed E-state index contributed by atoms with van der Waals surface area (Å²) in [6.07, 6.45) is 2.74. The SMILES string of the molecule is CC(C)(O)C(=O)CCCCCO. The average Bonchev–Trinajstić information content (AvgIpc) is 1.96. The van der Waals surface area contributed by atoms with Gasteiger partial charge in [0.1, 0.15) is 5.60 Å². The summed E-state index contributed by atoms with van der Waals surface area (Å²) in [4.78, 5) is 11.1. The number of aliphatic hydroxyl groups is 2. The molecule has 0 aromatic heterocycles. The van der Waals surface area contributed by atoms with Crippen LogP contribution in [0.3, 0.4) is 0 Å². The number of Topliss-reactive ketones (excluding diaryl/α,β-unsaturated/α-hetero) is 1. The second-order valence-electron chi connectivity index (χ2n) is 3.52. The van der Waals surface area contributed by atoms with Gasteiger partial charge in [-0.25, -0.2) is 0 Å². The normalized spacial score (nSPS) is 11.7. The molecular formula is C9H18O3. The standard InChI is InChI=1S/C9H18O3/c1-9(2,12)8(11)6-4-3-5-7-10/h10,12H,3-7H2,1-2H3. The molecule has 0 fully saturated rings. The fourth-order valence-corrected chi connectivity index (χ4v) is 0.880. The Hall–Kier alpha value is -0.410. The molecule has 0 aliphatic heterocycles. The van der Waals surface area contributed by atoms with Crippen molar-refractivity contribution in [2.45, 2.75) is 45.1 Å². The number of aliphatic hydroxyl groups excluding tert-OH is 1. The maximum atomic E-state index is 11.1. The third-order valence-electron chi connectivity index (χ3n) is 1.74. The number of carbonyl (C=O) groups excluding carboxylic acids is 1. The highest BCUT2D eigenvalue weighted by atomic mass is 16.3. The Balaban J connectivity index is 3.45. The van der Waals surface area contributed by atoms with Crippen molar-refractivity contribution in [1.82, 2.24) is 0 Å². The molecule has 12 heavy (non-hydrogen) atoms. The first-order valence-electron chi connectivity index (χ1n) is 4.35. The van der Waals surface area contributed by atoms with Crippen molar-refractivity contribution in [2.75, 3.05) is 6.61 Å². The quantitative estimate of drug-likeness (QED) is 0.588. The van der Waals surface area contributed by atoms with Gasteiger partial charge >= 0.3 is 0 Å². The molecule has 0 saturated heterocycles. The Morgan fingerprint density at radius 3 is 2.25 bits per heavy atom. The van der Waals surface area contributed by atoms with Gasteiger partial charge in [-0.2, -0.15) is 0 Å². The van der Waals surface area contributed by atoms with Crippen LogP contribution in [0.5, 0.6) is 0 Å². The molecule has 0 bridgehead atoms. The van der Waals surface area contributed by atoms with Crippen molar-refractivity contribution in [1.29, 1.82) is 0 Å². The fraction of sp³-hybridized carbons (Fsp3) is 0.889. The van der Waals surface area contributed by atoms with Crippen LogP contribution in [0.2, 0.25) is 0 Å². The van der Waals surface area contributed by atoms with E-state index in [1.807, 2.05) is 0 Å². The third-order valence-corrected chi connectivity index (χ3v) is 1.74. The molecule has 0 heterocycles. The molecule has 3 heteroatoms. The van der Waals surface area contributed by atoms with E-state index < -0.39 is 5.60 Å². The van der Waals surface area contributed by atoms with Crippen molar-refractivity contribution in [3.63, 3.8) is 0 Å². The Labute approximate surface area is 73.4 Å². The van der Waals surface area contributed by atoms with Crippen molar-refractivity contribution in [3.05, 3.63) is 0 Å². The predicted molar refractivity (Wildman–Crippen MR) is 46.9 cm³/mol. The first-order chi connectivity index (χ1) is 5.48. The lowest BCUT2D eigenvalue weighted by Crippen LogP contribution is -2.30. The van der Waals surface area contributed by atoms with Gasteiger partial charge in [-0.3, -0.25) is 4.79 Å². The van der Waals surface area contributed by atoms with Gasteiger partial charge in [0, 0.05) is 13.0 Å². The lowest BCUT2D eigenvalue weighted by molar-refractivity contribution is -0.134. The van der Waals surface area contributed by atoms with Gasteiger partial charge in [-0.15, -0.1) is 0 Å². The molecule has 0 aliphatic carbocycles. The van der Waals surface area contributed by atoms with Crippen LogP contribution in [0, 0.1) is 0 Å². The second kappa shape index (κ2) is 5.27. The minimum Gasteiger partial charge on any atom is -0.396 e. The minimum atomic E-state index is -1.20. The Morgan fingerprint density at radius 2 is 1.83 bits per heavy atom. The molecule has 0 aromatic rings. The topological polar surface area (TPSA) is 57.5 Å². The van der Waals surface area contributed by atoms with E-state index in [1.165, 1.54) is 13.8 Å². The average molecular weight is 174 g/mol. The summed E-state index contributed by atoms with van der Waals surface area (Å²) in [6, 6.07) is 0. The molecule has 0 saturated carbocycles. The van der Waals surface area contributed by atoms with Gasteiger partial charge in [-0.1, -0.05) is 6.42 Å². The molecular weight excluding hydrogens is 156 g/mol. The molecule has 0 unspecified atom stereocenters. The molecule has 0 aromatic carbocycles. The largest absolute Gasteiger partial charge is 0.396 e. The monoisotopic (exact) mass is 174 g/mol. The van der Waals surface area contributed by atoms with Crippen LogP contribution in [0.25, 0.3) is 0 Å². The van der Waals surface area contributed by atoms with Gasteiger partial charge in [0.2, 0.25) is 0 Å². The first-order valence-corrected chi connectivity index (χ1v) is 4.35. The van der Waals surface area contributed by atoms with Gasteiger partial charge < -0.3 is 10.2 Å². The first kappa shape index (κ1) is 11.6. The van der Waals surface area contributed by atoms with E-state index in [0.29, 0.717) is 6.42 Å². The number of ketones is 1. The van der Waals surface area contributed by atoms with E-state index in [2.05, 4.69) is 0 Å². The summed E-state index contributed by atoms with van der Waals surface area (Å²) >= 11 is 0. The zero-order valence-electron chi connectivity index (χ0n) is 7.84. The molecule has 72 valence electrons. The lowest BCUT2D eigenvalue weighted by Gasteiger charge is -2.14. The van der Waals surface area contributed by atoms with Crippen LogP contribution in [0.15, 0.2) is 0 Å². The van der Waals surface area contributed by atoms with Crippen molar-refractivity contribution >= 4 is 5.78 Å². The van der Waals surface area contributed by atoms with E-state index >= 15 is 0 Å². The summed E-state index contributed by atoms with van der Waals surface area (Å²) in [5.41, 5.74) is -1.20. The molecule has 0 aliphatic rings. The number of rotatable bonds is 6. The minimum absolute atomic E-state index is 0.125. The third kappa shape index (κ3) is 5.27. The van der Waals surface area contributed by atoms with Crippen LogP contribution in [0.1, 0.15) is 39.5 Å². The van der Waals surface area contributed by atoms with Crippen LogP contribution >= 0.6 is 0 Å². The van der Waals surface area contributed by atoms with E-state index in [0.717, 1.165) is 19.3 Å². The molecule has 3 nitrogen and oxygen atoms in total. The summed E-state index contributed by atoms with van der Waals surface area (Å²) in [7, 11) is 0. The predicted octanol–water partition coefficient (Wildman–Crippen LogP) is 0.879. The summed E-state index contributed by atoms with van der Waals surface area (Å²) in [6.45, 7) is 3.18. The van der Waals surface area contributed by atoms with Crippen LogP contribution < -0.4 is 0 Å². The highest BCUT2D eigenvalue weighted by molar-refractivity contribution is 5.86. The van der Waals surface area contributed by atoms with E-state index in [4.69, 9.17) is 5.11 Å². The number of hydrogen-bond acceptors (Lipinski definition) is 3. The second-order valence-corrected chi connectivity index (χ2v) is 3.52. The van der Waals surface area contributed by atoms with Crippen molar-refractivity contribution in [2.24, 2.45) is 0 Å². The highest BCUT2D eigenvalue weighted by Crippen LogP contribution is 2.09. The highest BCUT2D eigenvalue weighted by Gasteiger charge is 2.22. The van der Waals surface area contributed by atoms with Crippen molar-refractivity contribution in [3.8, 4) is 0 Å². The molecule has 0 spiro atoms. The number of unbranched alkanes of at least 4 members (excludes halogenated alkanes) is 2. The fourth-order valence-electron chi connectivity index (χ4n) is 0.880. The van der Waals surface area contributed by atoms with Gasteiger partial charge in [0.05, 0.1) is 0 Å². The van der Waals surface area contributed by atoms with Crippen molar-refractivity contribution < 1.29 is 15.0 Å². The van der Waals surface area contributed by atoms with E-state index in [9.17, 15) is 9.90 Å². The van der Waals surface area contributed by atoms with Gasteiger partial charge in [0.25, 0.3) is 0 Å². The molecule has 0 amide bonds. The molecule has 0 radical (unpaired) electrons. The smallest absolute Gasteiger partial charge is 0.163 e. The van der Waals surface area contributed by atoms with Gasteiger partial charge in [-0.05, 0) is 26.7 Å². The molecule has 0 rings (SSSR count). The van der Waals surface area contributed by atoms with Gasteiger partial charge in [0.15, 0.2) is 5.78 Å². The Kier molecular flexibility index (Phi) is 5.09. The molecule has 2 N–H and O–H groups in total. The summed E-state index contributed by atoms with van der Waals surface area (Å²) < 4.78 is 0. The molecule has 0 atom stereocenters. The summed E-state index contributed by atoms with van der Waals surface area (Å²) in [5, 5.41) is 17.7. The Bertz CT molecular complexity index is 135. The van der Waals surface area contributed by atoms with E-state index in [1.54, 1.807) is 0 Å². The Morgan fingerprint density at radius 1 is 1.25 bits per heavy atom. The van der Waals surface area contributed by atoms with E-state index in [-0.39, 0.29) is 12.4 Å². The number of carbonyl (C=O) groups is 1. The zero-order valence-corrected chi connectivity index (χ0v) is 7.84. The zero-order chi connectivity index (χ0) is 9.61. The van der Waals surface area contributed by atoms with Crippen LogP contribution in [-0.2, 0) is 4.79 Å². The number of hydrogen-bond donors (Lipinski definition) is 2. The lowest BCUT2D eigenvalue weighted by atomic mass is 9.99. The van der Waals surface area contributed by atoms with Crippen LogP contribution in [-0.4, -0.2) is 28.2 Å². The maximum Gasteiger partial charge on any atom is 0.163 e.